The van der Waals surface area contributed by atoms with E-state index in [1.165, 1.54) is 18.4 Å². The van der Waals surface area contributed by atoms with Crippen LogP contribution in [0.5, 0.6) is 0 Å². The molecule has 1 fully saturated rings. The van der Waals surface area contributed by atoms with Gasteiger partial charge in [-0.1, -0.05) is 30.3 Å². The number of methoxy groups -OCH3 is 1. The highest BCUT2D eigenvalue weighted by Gasteiger charge is 2.31. The van der Waals surface area contributed by atoms with Crippen LogP contribution in [0.15, 0.2) is 30.3 Å². The molecule has 1 saturated heterocycles. The smallest absolute Gasteiger partial charge is 0.0659 e. The maximum atomic E-state index is 5.43. The molecule has 0 aliphatic carbocycles. The summed E-state index contributed by atoms with van der Waals surface area (Å²) in [5.74, 6) is 0. The van der Waals surface area contributed by atoms with Crippen molar-refractivity contribution in [3.05, 3.63) is 35.9 Å². The summed E-state index contributed by atoms with van der Waals surface area (Å²) in [6, 6.07) is 11.1. The van der Waals surface area contributed by atoms with Gasteiger partial charge in [0.15, 0.2) is 0 Å². The fourth-order valence-electron chi connectivity index (χ4n) is 2.82. The van der Waals surface area contributed by atoms with Crippen LogP contribution in [0.1, 0.15) is 31.4 Å². The summed E-state index contributed by atoms with van der Waals surface area (Å²) >= 11 is 0. The number of rotatable bonds is 5. The van der Waals surface area contributed by atoms with Gasteiger partial charge in [0, 0.05) is 25.7 Å². The van der Waals surface area contributed by atoms with Crippen LogP contribution in [-0.2, 0) is 4.74 Å². The van der Waals surface area contributed by atoms with Crippen molar-refractivity contribution in [2.75, 3.05) is 33.9 Å². The van der Waals surface area contributed by atoms with E-state index in [0.29, 0.717) is 11.6 Å². The molecule has 1 aromatic rings. The fourth-order valence-corrected chi connectivity index (χ4v) is 2.82. The molecular formula is C16H26N2O. The van der Waals surface area contributed by atoms with Gasteiger partial charge in [0.1, 0.15) is 0 Å². The Morgan fingerprint density at radius 2 is 1.89 bits per heavy atom. The van der Waals surface area contributed by atoms with Gasteiger partial charge in [-0.25, -0.2) is 0 Å². The molecule has 3 nitrogen and oxygen atoms in total. The number of piperidine rings is 1. The largest absolute Gasteiger partial charge is 0.383 e. The molecule has 3 heteroatoms. The second-order valence-electron chi connectivity index (χ2n) is 5.73. The molecule has 1 aromatic carbocycles. The van der Waals surface area contributed by atoms with Gasteiger partial charge >= 0.3 is 0 Å². The molecule has 0 amide bonds. The Kier molecular flexibility index (Phi) is 4.97. The number of hydrogen-bond acceptors (Lipinski definition) is 3. The summed E-state index contributed by atoms with van der Waals surface area (Å²) in [5.41, 5.74) is 1.66. The Balaban J connectivity index is 2.05. The molecule has 0 aromatic heterocycles. The van der Waals surface area contributed by atoms with Gasteiger partial charge < -0.3 is 10.1 Å². The van der Waals surface area contributed by atoms with Gasteiger partial charge in [0.05, 0.1) is 12.6 Å². The number of nitrogens with one attached hydrogen (secondary N) is 1. The predicted octanol–water partition coefficient (Wildman–Crippen LogP) is 2.45. The van der Waals surface area contributed by atoms with Gasteiger partial charge in [-0.05, 0) is 32.4 Å². The van der Waals surface area contributed by atoms with Crippen molar-refractivity contribution in [1.29, 1.82) is 0 Å². The number of likely N-dealkylation sites (tertiary alicyclic amines) is 1. The van der Waals surface area contributed by atoms with Crippen LogP contribution in [0, 0.1) is 0 Å². The standard InChI is InChI=1S/C16H26N2O/c1-16(17-2)9-11-18(12-10-16)15(13-19-3)14-7-5-4-6-8-14/h4-8,15,17H,9-13H2,1-3H3. The molecular weight excluding hydrogens is 236 g/mol. The highest BCUT2D eigenvalue weighted by Crippen LogP contribution is 2.28. The minimum Gasteiger partial charge on any atom is -0.383 e. The average Bonchev–Trinajstić information content (AvgIpc) is 2.47. The van der Waals surface area contributed by atoms with Crippen LogP contribution < -0.4 is 5.32 Å². The number of nitrogens with zero attached hydrogens (tertiary/aromatic N) is 1. The zero-order valence-corrected chi connectivity index (χ0v) is 12.4. The number of ether oxygens (including phenoxy) is 1. The molecule has 0 bridgehead atoms. The normalized spacial score (nSPS) is 21.2. The first-order valence-corrected chi connectivity index (χ1v) is 7.15. The molecule has 0 saturated carbocycles. The van der Waals surface area contributed by atoms with Crippen molar-refractivity contribution in [3.8, 4) is 0 Å². The summed E-state index contributed by atoms with van der Waals surface area (Å²) in [6.07, 6.45) is 2.38. The molecule has 0 spiro atoms. The van der Waals surface area contributed by atoms with Crippen molar-refractivity contribution >= 4 is 0 Å². The molecule has 1 unspecified atom stereocenters. The third-order valence-corrected chi connectivity index (χ3v) is 4.45. The van der Waals surface area contributed by atoms with Gasteiger partial charge in [0.2, 0.25) is 0 Å². The SMILES string of the molecule is CNC1(C)CCN(C(COC)c2ccccc2)CC1. The van der Waals surface area contributed by atoms with E-state index in [4.69, 9.17) is 4.74 Å². The Labute approximate surface area is 116 Å². The van der Waals surface area contributed by atoms with Gasteiger partial charge in [-0.2, -0.15) is 0 Å². The first kappa shape index (κ1) is 14.5. The summed E-state index contributed by atoms with van der Waals surface area (Å²) in [4.78, 5) is 2.55. The van der Waals surface area contributed by atoms with Crippen LogP contribution in [-0.4, -0.2) is 44.3 Å². The minimum atomic E-state index is 0.296. The molecule has 19 heavy (non-hydrogen) atoms. The molecule has 1 N–H and O–H groups in total. The van der Waals surface area contributed by atoms with Gasteiger partial charge in [-0.3, -0.25) is 4.90 Å². The van der Waals surface area contributed by atoms with Crippen LogP contribution in [0.3, 0.4) is 0 Å². The maximum absolute atomic E-state index is 5.43. The molecule has 1 aliphatic rings. The van der Waals surface area contributed by atoms with Crippen molar-refractivity contribution in [2.45, 2.75) is 31.3 Å². The lowest BCUT2D eigenvalue weighted by atomic mass is 9.88. The Hall–Kier alpha value is -0.900. The van der Waals surface area contributed by atoms with E-state index in [1.54, 1.807) is 7.11 Å². The highest BCUT2D eigenvalue weighted by molar-refractivity contribution is 5.19. The second kappa shape index (κ2) is 6.51. The van der Waals surface area contributed by atoms with Gasteiger partial charge in [-0.15, -0.1) is 0 Å². The van der Waals surface area contributed by atoms with Crippen molar-refractivity contribution in [1.82, 2.24) is 10.2 Å². The lowest BCUT2D eigenvalue weighted by Crippen LogP contribution is -2.51. The second-order valence-corrected chi connectivity index (χ2v) is 5.73. The summed E-state index contributed by atoms with van der Waals surface area (Å²) in [5, 5.41) is 3.45. The van der Waals surface area contributed by atoms with E-state index in [-0.39, 0.29) is 0 Å². The van der Waals surface area contributed by atoms with Crippen LogP contribution in [0.4, 0.5) is 0 Å². The van der Waals surface area contributed by atoms with E-state index in [0.717, 1.165) is 19.7 Å². The van der Waals surface area contributed by atoms with Crippen LogP contribution in [0.2, 0.25) is 0 Å². The molecule has 1 atom stereocenters. The van der Waals surface area contributed by atoms with Gasteiger partial charge in [0.25, 0.3) is 0 Å². The minimum absolute atomic E-state index is 0.296. The van der Waals surface area contributed by atoms with Crippen molar-refractivity contribution in [2.24, 2.45) is 0 Å². The third-order valence-electron chi connectivity index (χ3n) is 4.45. The zero-order valence-electron chi connectivity index (χ0n) is 12.4. The molecule has 1 heterocycles. The van der Waals surface area contributed by atoms with Crippen molar-refractivity contribution in [3.63, 3.8) is 0 Å². The molecule has 106 valence electrons. The van der Waals surface area contributed by atoms with E-state index in [1.807, 2.05) is 0 Å². The Morgan fingerprint density at radius 1 is 1.26 bits per heavy atom. The average molecular weight is 262 g/mol. The molecule has 1 aliphatic heterocycles. The summed E-state index contributed by atoms with van der Waals surface area (Å²) in [6.45, 7) is 5.33. The Bertz CT molecular complexity index is 372. The summed E-state index contributed by atoms with van der Waals surface area (Å²) < 4.78 is 5.43. The lowest BCUT2D eigenvalue weighted by Gasteiger charge is -2.42. The van der Waals surface area contributed by atoms with E-state index in [2.05, 4.69) is 54.5 Å². The molecule has 2 rings (SSSR count). The first-order valence-electron chi connectivity index (χ1n) is 7.15. The maximum Gasteiger partial charge on any atom is 0.0659 e. The quantitative estimate of drug-likeness (QED) is 0.882. The fraction of sp³-hybridized carbons (Fsp3) is 0.625. The number of hydrogen-bond donors (Lipinski definition) is 1. The van der Waals surface area contributed by atoms with Crippen LogP contribution in [0.25, 0.3) is 0 Å². The first-order chi connectivity index (χ1) is 9.18. The zero-order chi connectivity index (χ0) is 13.7. The third kappa shape index (κ3) is 3.56. The Morgan fingerprint density at radius 3 is 2.42 bits per heavy atom. The van der Waals surface area contributed by atoms with Crippen LogP contribution >= 0.6 is 0 Å². The van der Waals surface area contributed by atoms with Crippen molar-refractivity contribution < 1.29 is 4.74 Å². The van der Waals surface area contributed by atoms with E-state index >= 15 is 0 Å². The predicted molar refractivity (Wildman–Crippen MR) is 79.3 cm³/mol. The van der Waals surface area contributed by atoms with E-state index in [9.17, 15) is 0 Å². The van der Waals surface area contributed by atoms with E-state index < -0.39 is 0 Å². The molecule has 0 radical (unpaired) electrons. The topological polar surface area (TPSA) is 24.5 Å². The lowest BCUT2D eigenvalue weighted by molar-refractivity contribution is 0.0550. The summed E-state index contributed by atoms with van der Waals surface area (Å²) in [7, 11) is 3.86. The highest BCUT2D eigenvalue weighted by atomic mass is 16.5. The number of benzene rings is 1. The monoisotopic (exact) mass is 262 g/mol.